The fourth-order valence-corrected chi connectivity index (χ4v) is 0.957. The van der Waals surface area contributed by atoms with Crippen molar-refractivity contribution in [3.63, 3.8) is 0 Å². The molecule has 0 atom stereocenters. The van der Waals surface area contributed by atoms with Gasteiger partial charge in [0.1, 0.15) is 0 Å². The third-order valence-electron chi connectivity index (χ3n) is 1.60. The summed E-state index contributed by atoms with van der Waals surface area (Å²) >= 11 is 0. The Morgan fingerprint density at radius 2 is 1.43 bits per heavy atom. The smallest absolute Gasteiger partial charge is 0.439 e. The quantitative estimate of drug-likeness (QED) is 0.242. The van der Waals surface area contributed by atoms with E-state index in [1.807, 2.05) is 0 Å². The Kier molecular flexibility index (Phi) is 29.9. The maximum Gasteiger partial charge on any atom is 1.00 e. The Bertz CT molecular complexity index is 135. The zero-order valence-electron chi connectivity index (χ0n) is 9.33. The first-order valence-electron chi connectivity index (χ1n) is 4.72. The summed E-state index contributed by atoms with van der Waals surface area (Å²) in [5.41, 5.74) is 0. The second-order valence-corrected chi connectivity index (χ2v) is 3.27. The average molecular weight is 247 g/mol. The van der Waals surface area contributed by atoms with Gasteiger partial charge in [0, 0.05) is 11.0 Å². The van der Waals surface area contributed by atoms with E-state index in [2.05, 4.69) is 13.8 Å². The Labute approximate surface area is 132 Å². The second-order valence-electron chi connectivity index (χ2n) is 2.84. The normalized spacial score (nSPS) is 8.86. The molecule has 0 saturated heterocycles. The Morgan fingerprint density at radius 1 is 1.07 bits per heavy atom. The molecule has 0 saturated carbocycles. The van der Waals surface area contributed by atoms with E-state index in [-0.39, 0.29) is 51.4 Å². The summed E-state index contributed by atoms with van der Waals surface area (Å²) in [7, 11) is -2.86. The van der Waals surface area contributed by atoms with Crippen molar-refractivity contribution in [2.24, 2.45) is 0 Å². The van der Waals surface area contributed by atoms with Gasteiger partial charge in [0.2, 0.25) is 0 Å². The predicted octanol–water partition coefficient (Wildman–Crippen LogP) is 0.344. The molecule has 0 aromatic heterocycles. The molecule has 1 radical (unpaired) electrons. The molecule has 0 amide bonds. The molecule has 0 fully saturated rings. The molecule has 0 aromatic carbocycles. The predicted molar refractivity (Wildman–Crippen MR) is 54.7 cm³/mol. The topological polar surface area (TPSA) is 54.4 Å². The van der Waals surface area contributed by atoms with Gasteiger partial charge in [0.05, 0.1) is 0 Å². The van der Waals surface area contributed by atoms with Gasteiger partial charge in [-0.25, -0.2) is 0 Å². The van der Waals surface area contributed by atoms with Crippen LogP contribution in [-0.2, 0) is 19.4 Å². The molecular weight excluding hydrogens is 227 g/mol. The standard InChI is InChI=1S/C9H19.K.HO3S/c1-3-5-7-9-8-6-4-2;;1-4(2)3/h1,3-9H2,2H3;;(H,1,2,3)/q;+1;-1. The van der Waals surface area contributed by atoms with E-state index in [4.69, 9.17) is 13.0 Å². The Hall–Kier alpha value is 1.55. The largest absolute Gasteiger partial charge is 1.00 e. The van der Waals surface area contributed by atoms with Gasteiger partial charge in [-0.1, -0.05) is 58.8 Å². The molecule has 0 spiro atoms. The van der Waals surface area contributed by atoms with Crippen molar-refractivity contribution >= 4 is 11.0 Å². The molecule has 0 aliphatic rings. The zero-order chi connectivity index (χ0) is 10.5. The minimum atomic E-state index is -2.86. The Morgan fingerprint density at radius 3 is 1.79 bits per heavy atom. The average Bonchev–Trinajstić information content (AvgIpc) is 2.03. The van der Waals surface area contributed by atoms with Gasteiger partial charge in [-0.3, -0.25) is 0 Å². The van der Waals surface area contributed by atoms with Crippen LogP contribution in [0.2, 0.25) is 0 Å². The number of hydrogen-bond acceptors (Lipinski definition) is 3. The van der Waals surface area contributed by atoms with Crippen molar-refractivity contribution < 1.29 is 64.4 Å². The third-order valence-corrected chi connectivity index (χ3v) is 1.60. The van der Waals surface area contributed by atoms with Gasteiger partial charge < -0.3 is 13.0 Å². The van der Waals surface area contributed by atoms with Crippen molar-refractivity contribution in [3.05, 3.63) is 6.92 Å². The summed E-state index contributed by atoms with van der Waals surface area (Å²) in [6.07, 6.45) is 9.45. The van der Waals surface area contributed by atoms with E-state index in [9.17, 15) is 0 Å². The van der Waals surface area contributed by atoms with Crippen molar-refractivity contribution in [2.75, 3.05) is 0 Å². The first-order valence-corrected chi connectivity index (χ1v) is 5.75. The summed E-state index contributed by atoms with van der Waals surface area (Å²) < 4.78 is 24.1. The molecule has 81 valence electrons. The van der Waals surface area contributed by atoms with Crippen LogP contribution >= 0.6 is 0 Å². The van der Waals surface area contributed by atoms with Crippen LogP contribution in [0.1, 0.15) is 51.9 Å². The maximum atomic E-state index is 8.56. The van der Waals surface area contributed by atoms with Crippen LogP contribution in [-0.4, -0.2) is 4.55 Å². The summed E-state index contributed by atoms with van der Waals surface area (Å²) in [5.74, 6) is 0. The summed E-state index contributed by atoms with van der Waals surface area (Å²) in [6, 6.07) is 0. The van der Waals surface area contributed by atoms with Crippen molar-refractivity contribution in [1.29, 1.82) is 0 Å². The number of rotatable bonds is 6. The summed E-state index contributed by atoms with van der Waals surface area (Å²) in [6.45, 7) is 6.05. The van der Waals surface area contributed by atoms with Gasteiger partial charge in [-0.2, -0.15) is 0 Å². The molecule has 0 rings (SSSR count). The van der Waals surface area contributed by atoms with Gasteiger partial charge in [-0.15, -0.1) is 0 Å². The first kappa shape index (κ1) is 20.9. The monoisotopic (exact) mass is 247 g/mol. The first-order chi connectivity index (χ1) is 6.15. The van der Waals surface area contributed by atoms with Gasteiger partial charge in [0.25, 0.3) is 0 Å². The molecule has 0 aliphatic carbocycles. The fraction of sp³-hybridized carbons (Fsp3) is 0.889. The van der Waals surface area contributed by atoms with Crippen molar-refractivity contribution in [1.82, 2.24) is 0 Å². The van der Waals surface area contributed by atoms with Crippen LogP contribution in [0.3, 0.4) is 0 Å². The van der Waals surface area contributed by atoms with Crippen LogP contribution in [0.15, 0.2) is 0 Å². The molecule has 0 aromatic rings. The molecule has 5 heteroatoms. The van der Waals surface area contributed by atoms with Gasteiger partial charge >= 0.3 is 51.4 Å². The molecule has 14 heavy (non-hydrogen) atoms. The van der Waals surface area contributed by atoms with E-state index >= 15 is 0 Å². The molecule has 0 heterocycles. The van der Waals surface area contributed by atoms with E-state index in [1.165, 1.54) is 38.5 Å². The molecule has 0 unspecified atom stereocenters. The molecular formula is C9H20KO3S. The third kappa shape index (κ3) is 37.4. The van der Waals surface area contributed by atoms with Crippen molar-refractivity contribution in [3.8, 4) is 0 Å². The fourth-order valence-electron chi connectivity index (χ4n) is 0.957. The number of hydrogen-bond donors (Lipinski definition) is 1. The van der Waals surface area contributed by atoms with Crippen LogP contribution in [0.25, 0.3) is 0 Å². The minimum Gasteiger partial charge on any atom is -0.439 e. The van der Waals surface area contributed by atoms with Gasteiger partial charge in [0.15, 0.2) is 0 Å². The van der Waals surface area contributed by atoms with E-state index in [0.717, 1.165) is 6.42 Å². The second kappa shape index (κ2) is 20.0. The molecule has 0 bridgehead atoms. The van der Waals surface area contributed by atoms with Crippen LogP contribution in [0, 0.1) is 6.92 Å². The van der Waals surface area contributed by atoms with Gasteiger partial charge in [-0.05, 0) is 0 Å². The summed E-state index contributed by atoms with van der Waals surface area (Å²) in [5, 5.41) is 0. The molecule has 0 aliphatic heterocycles. The van der Waals surface area contributed by atoms with E-state index in [1.54, 1.807) is 0 Å². The van der Waals surface area contributed by atoms with Crippen LogP contribution < -0.4 is 51.4 Å². The van der Waals surface area contributed by atoms with E-state index in [0.29, 0.717) is 0 Å². The van der Waals surface area contributed by atoms with E-state index < -0.39 is 11.0 Å². The van der Waals surface area contributed by atoms with Crippen molar-refractivity contribution in [2.45, 2.75) is 51.9 Å². The SMILES string of the molecule is O=[S-](=O)O.[CH2]CCCCCCCC.[K+]. The minimum absolute atomic E-state index is 0. The number of unbranched alkanes of at least 4 members (excludes halogenated alkanes) is 6. The zero-order valence-corrected chi connectivity index (χ0v) is 13.3. The molecule has 1 N–H and O–H groups in total. The molecule has 3 nitrogen and oxygen atoms in total. The van der Waals surface area contributed by atoms with Crippen LogP contribution in [0.4, 0.5) is 0 Å². The Balaban J connectivity index is -0.000000209. The maximum absolute atomic E-state index is 8.56. The van der Waals surface area contributed by atoms with Crippen LogP contribution in [0.5, 0.6) is 0 Å². The summed E-state index contributed by atoms with van der Waals surface area (Å²) in [4.78, 5) is 0.